The molecule has 12 N–H and O–H groups in total. The monoisotopic (exact) mass is 728 g/mol. The van der Waals surface area contributed by atoms with E-state index in [1.165, 1.54) is 25.1 Å². The number of ether oxygens (including phenoxy) is 7. The molecule has 1 aromatic rings. The maximum atomic E-state index is 11.4. The van der Waals surface area contributed by atoms with Gasteiger partial charge < -0.3 is 94.4 Å². The SMILES string of the molecule is CC1OC(OCC2OC(OC3=C(c4ccc(O)c(O)c4)OC4C=C(O)C=C(O)C4=C3)C(OC3OCC(O)C(O)C3O)C(O)C2O)C(O)C(O)C1O. The normalized spacial score (nSPS) is 41.5. The summed E-state index contributed by atoms with van der Waals surface area (Å²) in [7, 11) is 0. The summed E-state index contributed by atoms with van der Waals surface area (Å²) >= 11 is 0. The molecule has 15 unspecified atom stereocenters. The van der Waals surface area contributed by atoms with Crippen molar-refractivity contribution in [2.75, 3.05) is 13.2 Å². The number of rotatable bonds is 8. The van der Waals surface area contributed by atoms with Gasteiger partial charge in [-0.25, -0.2) is 0 Å². The summed E-state index contributed by atoms with van der Waals surface area (Å²) in [4.78, 5) is 0. The Morgan fingerprint density at radius 2 is 1.47 bits per heavy atom. The van der Waals surface area contributed by atoms with Crippen LogP contribution in [0.2, 0.25) is 0 Å². The van der Waals surface area contributed by atoms with E-state index in [1.807, 2.05) is 0 Å². The lowest BCUT2D eigenvalue weighted by molar-refractivity contribution is -0.358. The van der Waals surface area contributed by atoms with Crippen LogP contribution in [0, 0.1) is 0 Å². The Kier molecular flexibility index (Phi) is 10.8. The van der Waals surface area contributed by atoms with Crippen LogP contribution in [0.5, 0.6) is 11.5 Å². The molecule has 0 bridgehead atoms. The third kappa shape index (κ3) is 7.39. The van der Waals surface area contributed by atoms with Gasteiger partial charge in [-0.05, 0) is 31.2 Å². The lowest BCUT2D eigenvalue weighted by atomic mass is 9.96. The topological polar surface area (TPSA) is 307 Å². The molecule has 1 aliphatic carbocycles. The molecule has 19 heteroatoms. The Morgan fingerprint density at radius 1 is 0.745 bits per heavy atom. The molecular weight excluding hydrogens is 688 g/mol. The molecule has 51 heavy (non-hydrogen) atoms. The van der Waals surface area contributed by atoms with Crippen molar-refractivity contribution in [3.63, 3.8) is 0 Å². The zero-order valence-corrected chi connectivity index (χ0v) is 26.8. The number of aromatic hydroxyl groups is 2. The number of hydrogen-bond donors (Lipinski definition) is 12. The number of benzene rings is 1. The van der Waals surface area contributed by atoms with E-state index in [9.17, 15) is 61.3 Å². The smallest absolute Gasteiger partial charge is 0.229 e. The summed E-state index contributed by atoms with van der Waals surface area (Å²) in [5, 5.41) is 125. The van der Waals surface area contributed by atoms with E-state index in [2.05, 4.69) is 0 Å². The van der Waals surface area contributed by atoms with Crippen molar-refractivity contribution in [3.05, 3.63) is 64.8 Å². The third-order valence-corrected chi connectivity index (χ3v) is 9.07. The van der Waals surface area contributed by atoms with E-state index >= 15 is 0 Å². The first-order chi connectivity index (χ1) is 24.1. The van der Waals surface area contributed by atoms with Crippen molar-refractivity contribution in [3.8, 4) is 11.5 Å². The lowest BCUT2D eigenvalue weighted by Crippen LogP contribution is -2.63. The average molecular weight is 729 g/mol. The summed E-state index contributed by atoms with van der Waals surface area (Å²) in [6, 6.07) is 3.63. The van der Waals surface area contributed by atoms with Crippen molar-refractivity contribution >= 4 is 5.76 Å². The van der Waals surface area contributed by atoms with Gasteiger partial charge in [-0.3, -0.25) is 0 Å². The molecule has 0 saturated carbocycles. The summed E-state index contributed by atoms with van der Waals surface area (Å²) in [5.41, 5.74) is 0.206. The van der Waals surface area contributed by atoms with Crippen LogP contribution in [-0.2, 0) is 33.2 Å². The molecule has 3 saturated heterocycles. The minimum atomic E-state index is -1.92. The number of phenolic OH excluding ortho intramolecular Hbond substituents is 2. The fraction of sp³-hybridized carbons (Fsp3) is 0.562. The van der Waals surface area contributed by atoms with Crippen LogP contribution < -0.4 is 0 Å². The summed E-state index contributed by atoms with van der Waals surface area (Å²) in [5.74, 6) is -2.11. The highest BCUT2D eigenvalue weighted by Gasteiger charge is 2.51. The van der Waals surface area contributed by atoms with Gasteiger partial charge in [0, 0.05) is 23.3 Å². The lowest BCUT2D eigenvalue weighted by Gasteiger charge is -2.45. The Hall–Kier alpha value is -3.54. The first-order valence-corrected chi connectivity index (χ1v) is 15.9. The number of aliphatic hydroxyl groups excluding tert-OH is 10. The van der Waals surface area contributed by atoms with Crippen LogP contribution in [0.4, 0.5) is 0 Å². The quantitative estimate of drug-likeness (QED) is 0.120. The molecule has 0 aromatic heterocycles. The Bertz CT molecular complexity index is 1560. The predicted molar refractivity (Wildman–Crippen MR) is 164 cm³/mol. The minimum Gasteiger partial charge on any atom is -0.508 e. The Labute approximate surface area is 288 Å². The number of allylic oxidation sites excluding steroid dienone is 2. The molecule has 282 valence electrons. The maximum absolute atomic E-state index is 11.4. The van der Waals surface area contributed by atoms with Gasteiger partial charge in [-0.15, -0.1) is 0 Å². The second-order valence-corrected chi connectivity index (χ2v) is 12.7. The second kappa shape index (κ2) is 14.8. The fourth-order valence-corrected chi connectivity index (χ4v) is 6.07. The standard InChI is InChI=1S/C32H40O19/c1-10-21(38)24(41)27(44)30(47-10)46-9-20-23(40)25(42)29(51-31-26(43)22(39)17(37)8-45-31)32(50-20)49-19-7-13-15(35)5-12(33)6-18(13)48-28(19)11-2-3-14(34)16(36)4-11/h2-7,10,17-18,20-27,29-44H,8-9H2,1H3. The van der Waals surface area contributed by atoms with Gasteiger partial charge in [0.2, 0.25) is 6.29 Å². The van der Waals surface area contributed by atoms with Gasteiger partial charge in [0.25, 0.3) is 0 Å². The van der Waals surface area contributed by atoms with E-state index in [4.69, 9.17) is 33.2 Å². The van der Waals surface area contributed by atoms with E-state index in [-0.39, 0.29) is 28.4 Å². The minimum absolute atomic E-state index is 0.0877. The van der Waals surface area contributed by atoms with Gasteiger partial charge in [0.1, 0.15) is 72.6 Å². The number of aliphatic hydroxyl groups is 10. The summed E-state index contributed by atoms with van der Waals surface area (Å²) < 4.78 is 40.4. The van der Waals surface area contributed by atoms with E-state index in [0.29, 0.717) is 0 Å². The summed E-state index contributed by atoms with van der Waals surface area (Å²) in [6.45, 7) is 0.337. The molecule has 0 radical (unpaired) electrons. The highest BCUT2D eigenvalue weighted by Crippen LogP contribution is 2.40. The largest absolute Gasteiger partial charge is 0.508 e. The molecule has 4 aliphatic heterocycles. The highest BCUT2D eigenvalue weighted by atomic mass is 16.8. The zero-order valence-electron chi connectivity index (χ0n) is 26.8. The molecule has 0 spiro atoms. The van der Waals surface area contributed by atoms with Crippen LogP contribution in [-0.4, -0.2) is 167 Å². The first kappa shape index (κ1) is 37.2. The van der Waals surface area contributed by atoms with E-state index in [1.54, 1.807) is 0 Å². The van der Waals surface area contributed by atoms with Crippen LogP contribution >= 0.6 is 0 Å². The number of hydrogen-bond acceptors (Lipinski definition) is 19. The molecule has 5 aliphatic rings. The van der Waals surface area contributed by atoms with Gasteiger partial charge >= 0.3 is 0 Å². The predicted octanol–water partition coefficient (Wildman–Crippen LogP) is -2.88. The molecular formula is C32H40O19. The number of fused-ring (bicyclic) bond motifs is 1. The number of phenols is 2. The Balaban J connectivity index is 1.33. The second-order valence-electron chi connectivity index (χ2n) is 12.7. The fourth-order valence-electron chi connectivity index (χ4n) is 6.07. The van der Waals surface area contributed by atoms with Gasteiger partial charge in [-0.1, -0.05) is 0 Å². The van der Waals surface area contributed by atoms with Crippen LogP contribution in [0.3, 0.4) is 0 Å². The molecule has 4 heterocycles. The average Bonchev–Trinajstić information content (AvgIpc) is 3.09. The molecule has 15 atom stereocenters. The molecule has 3 fully saturated rings. The first-order valence-electron chi connectivity index (χ1n) is 15.9. The molecule has 1 aromatic carbocycles. The Morgan fingerprint density at radius 3 is 2.20 bits per heavy atom. The summed E-state index contributed by atoms with van der Waals surface area (Å²) in [6.07, 6.45) is -20.2. The molecule has 6 rings (SSSR count). The molecule has 19 nitrogen and oxygen atoms in total. The van der Waals surface area contributed by atoms with Crippen molar-refractivity contribution in [1.82, 2.24) is 0 Å². The van der Waals surface area contributed by atoms with Crippen molar-refractivity contribution < 1.29 is 94.4 Å². The van der Waals surface area contributed by atoms with Gasteiger partial charge in [0.05, 0.1) is 19.3 Å². The van der Waals surface area contributed by atoms with Gasteiger partial charge in [0.15, 0.2) is 41.7 Å². The zero-order chi connectivity index (χ0) is 36.9. The van der Waals surface area contributed by atoms with Crippen molar-refractivity contribution in [1.29, 1.82) is 0 Å². The van der Waals surface area contributed by atoms with Crippen molar-refractivity contribution in [2.45, 2.75) is 99.0 Å². The van der Waals surface area contributed by atoms with Gasteiger partial charge in [-0.2, -0.15) is 0 Å². The van der Waals surface area contributed by atoms with E-state index in [0.717, 1.165) is 18.2 Å². The van der Waals surface area contributed by atoms with Crippen molar-refractivity contribution in [2.24, 2.45) is 0 Å². The third-order valence-electron chi connectivity index (χ3n) is 9.07. The van der Waals surface area contributed by atoms with Crippen LogP contribution in [0.1, 0.15) is 12.5 Å². The maximum Gasteiger partial charge on any atom is 0.229 e. The van der Waals surface area contributed by atoms with Crippen LogP contribution in [0.15, 0.2) is 59.3 Å². The van der Waals surface area contributed by atoms with Crippen LogP contribution in [0.25, 0.3) is 5.76 Å². The highest BCUT2D eigenvalue weighted by molar-refractivity contribution is 5.70. The molecule has 0 amide bonds. The van der Waals surface area contributed by atoms with E-state index < -0.39 is 123 Å².